The van der Waals surface area contributed by atoms with Gasteiger partial charge in [-0.25, -0.2) is 4.39 Å². The number of alkyl halides is 2. The minimum absolute atomic E-state index is 0.146. The van der Waals surface area contributed by atoms with Crippen molar-refractivity contribution in [1.29, 1.82) is 0 Å². The maximum Gasteiger partial charge on any atom is 0.387 e. The predicted molar refractivity (Wildman–Crippen MR) is 107 cm³/mol. The van der Waals surface area contributed by atoms with E-state index in [9.17, 15) is 28.1 Å². The van der Waals surface area contributed by atoms with Gasteiger partial charge in [0.1, 0.15) is 11.4 Å². The second-order valence-electron chi connectivity index (χ2n) is 6.82. The Labute approximate surface area is 175 Å². The molecule has 0 bridgehead atoms. The van der Waals surface area contributed by atoms with Crippen molar-refractivity contribution in [3.63, 3.8) is 0 Å². The number of nitro groups is 1. The number of amides is 1. The Bertz CT molecular complexity index is 981. The topological polar surface area (TPSA) is 93.9 Å². The zero-order valence-corrected chi connectivity index (χ0v) is 16.6. The number of benzene rings is 2. The smallest absolute Gasteiger partial charge is 0.387 e. The van der Waals surface area contributed by atoms with Crippen molar-refractivity contribution in [2.75, 3.05) is 30.4 Å². The van der Waals surface area contributed by atoms with Crippen molar-refractivity contribution in [1.82, 2.24) is 0 Å². The molecule has 1 heterocycles. The largest absolute Gasteiger partial charge is 0.493 e. The lowest BCUT2D eigenvalue weighted by Crippen LogP contribution is -2.30. The van der Waals surface area contributed by atoms with Gasteiger partial charge in [-0.15, -0.1) is 0 Å². The average molecular weight is 439 g/mol. The van der Waals surface area contributed by atoms with Crippen molar-refractivity contribution < 1.29 is 32.4 Å². The molecular weight excluding hydrogens is 419 g/mol. The van der Waals surface area contributed by atoms with Gasteiger partial charge in [0.25, 0.3) is 11.6 Å². The molecule has 1 fully saturated rings. The summed E-state index contributed by atoms with van der Waals surface area (Å²) in [7, 11) is 1.14. The van der Waals surface area contributed by atoms with Crippen LogP contribution < -0.4 is 19.7 Å². The first-order valence-corrected chi connectivity index (χ1v) is 9.47. The van der Waals surface area contributed by atoms with Crippen molar-refractivity contribution in [2.45, 2.75) is 25.9 Å². The Hall–Kier alpha value is -3.50. The lowest BCUT2D eigenvalue weighted by molar-refractivity contribution is -0.385. The SMILES string of the molecule is COc1cc(C(=O)Nc2cc(F)ccc2N2CCCCC2)c([N+](=O)[O-])cc1OC(F)F. The Morgan fingerprint density at radius 3 is 2.48 bits per heavy atom. The molecule has 8 nitrogen and oxygen atoms in total. The number of hydrogen-bond acceptors (Lipinski definition) is 6. The monoisotopic (exact) mass is 439 g/mol. The first-order valence-electron chi connectivity index (χ1n) is 9.47. The lowest BCUT2D eigenvalue weighted by atomic mass is 10.1. The maximum atomic E-state index is 13.9. The predicted octanol–water partition coefficient (Wildman–Crippen LogP) is 4.59. The fourth-order valence-electron chi connectivity index (χ4n) is 3.44. The summed E-state index contributed by atoms with van der Waals surface area (Å²) in [6.07, 6.45) is 2.95. The van der Waals surface area contributed by atoms with Gasteiger partial charge in [-0.3, -0.25) is 14.9 Å². The van der Waals surface area contributed by atoms with Gasteiger partial charge in [-0.2, -0.15) is 8.78 Å². The Balaban J connectivity index is 1.98. The lowest BCUT2D eigenvalue weighted by Gasteiger charge is -2.30. The third-order valence-corrected chi connectivity index (χ3v) is 4.84. The van der Waals surface area contributed by atoms with Crippen LogP contribution in [0.4, 0.5) is 30.2 Å². The zero-order chi connectivity index (χ0) is 22.5. The van der Waals surface area contributed by atoms with E-state index in [4.69, 9.17) is 4.74 Å². The molecule has 1 saturated heterocycles. The van der Waals surface area contributed by atoms with E-state index in [1.54, 1.807) is 0 Å². The first kappa shape index (κ1) is 22.2. The molecule has 0 atom stereocenters. The van der Waals surface area contributed by atoms with Gasteiger partial charge in [0.05, 0.1) is 29.5 Å². The number of carbonyl (C=O) groups excluding carboxylic acids is 1. The molecule has 1 aliphatic heterocycles. The van der Waals surface area contributed by atoms with E-state index < -0.39 is 40.3 Å². The molecule has 166 valence electrons. The highest BCUT2D eigenvalue weighted by Crippen LogP contribution is 2.37. The summed E-state index contributed by atoms with van der Waals surface area (Å²) in [6, 6.07) is 5.55. The highest BCUT2D eigenvalue weighted by Gasteiger charge is 2.27. The van der Waals surface area contributed by atoms with Gasteiger partial charge in [0.2, 0.25) is 0 Å². The molecular formula is C20H20F3N3O5. The van der Waals surface area contributed by atoms with E-state index in [0.29, 0.717) is 11.8 Å². The molecule has 0 radical (unpaired) electrons. The van der Waals surface area contributed by atoms with Gasteiger partial charge in [0.15, 0.2) is 11.5 Å². The third kappa shape index (κ3) is 5.16. The van der Waals surface area contributed by atoms with Crippen LogP contribution in [0.2, 0.25) is 0 Å². The van der Waals surface area contributed by atoms with Crippen LogP contribution in [-0.4, -0.2) is 37.6 Å². The van der Waals surface area contributed by atoms with Crippen molar-refractivity contribution in [3.8, 4) is 11.5 Å². The number of piperidine rings is 1. The summed E-state index contributed by atoms with van der Waals surface area (Å²) >= 11 is 0. The molecule has 0 unspecified atom stereocenters. The molecule has 0 aromatic heterocycles. The molecule has 3 rings (SSSR count). The molecule has 31 heavy (non-hydrogen) atoms. The molecule has 2 aromatic carbocycles. The van der Waals surface area contributed by atoms with Crippen LogP contribution in [0.3, 0.4) is 0 Å². The highest BCUT2D eigenvalue weighted by atomic mass is 19.3. The van der Waals surface area contributed by atoms with Gasteiger partial charge in [-0.05, 0) is 37.5 Å². The number of nitro benzene ring substituents is 1. The molecule has 0 spiro atoms. The van der Waals surface area contributed by atoms with Gasteiger partial charge < -0.3 is 19.7 Å². The highest BCUT2D eigenvalue weighted by molar-refractivity contribution is 6.09. The van der Waals surface area contributed by atoms with Crippen LogP contribution in [0.25, 0.3) is 0 Å². The summed E-state index contributed by atoms with van der Waals surface area (Å²) in [5.74, 6) is -2.38. The van der Waals surface area contributed by atoms with Crippen LogP contribution in [0.15, 0.2) is 30.3 Å². The van der Waals surface area contributed by atoms with E-state index in [-0.39, 0.29) is 11.4 Å². The average Bonchev–Trinajstić information content (AvgIpc) is 2.73. The van der Waals surface area contributed by atoms with Crippen LogP contribution in [0.1, 0.15) is 29.6 Å². The van der Waals surface area contributed by atoms with Crippen molar-refractivity contribution in [2.24, 2.45) is 0 Å². The Morgan fingerprint density at radius 2 is 1.87 bits per heavy atom. The number of nitrogens with one attached hydrogen (secondary N) is 1. The molecule has 0 saturated carbocycles. The number of nitrogens with zero attached hydrogens (tertiary/aromatic N) is 2. The summed E-state index contributed by atoms with van der Waals surface area (Å²) in [5, 5.41) is 14.0. The number of rotatable bonds is 7. The van der Waals surface area contributed by atoms with Crippen LogP contribution >= 0.6 is 0 Å². The zero-order valence-electron chi connectivity index (χ0n) is 16.6. The normalized spacial score (nSPS) is 13.8. The second-order valence-corrected chi connectivity index (χ2v) is 6.82. The summed E-state index contributed by atoms with van der Waals surface area (Å²) < 4.78 is 48.3. The number of anilines is 2. The minimum Gasteiger partial charge on any atom is -0.493 e. The van der Waals surface area contributed by atoms with Crippen LogP contribution in [-0.2, 0) is 0 Å². The second kappa shape index (κ2) is 9.54. The van der Waals surface area contributed by atoms with Gasteiger partial charge in [0, 0.05) is 19.2 Å². The number of carbonyl (C=O) groups is 1. The summed E-state index contributed by atoms with van der Waals surface area (Å²) in [6.45, 7) is -1.79. The van der Waals surface area contributed by atoms with Crippen LogP contribution in [0, 0.1) is 15.9 Å². The van der Waals surface area contributed by atoms with E-state index in [1.807, 2.05) is 4.90 Å². The summed E-state index contributed by atoms with van der Waals surface area (Å²) in [4.78, 5) is 25.4. The number of halogens is 3. The van der Waals surface area contributed by atoms with E-state index >= 15 is 0 Å². The fraction of sp³-hybridized carbons (Fsp3) is 0.350. The molecule has 1 N–H and O–H groups in total. The number of methoxy groups -OCH3 is 1. The third-order valence-electron chi connectivity index (χ3n) is 4.84. The molecule has 1 aliphatic rings. The molecule has 11 heteroatoms. The van der Waals surface area contributed by atoms with Gasteiger partial charge >= 0.3 is 6.61 Å². The van der Waals surface area contributed by atoms with Crippen molar-refractivity contribution >= 4 is 23.0 Å². The minimum atomic E-state index is -3.24. The maximum absolute atomic E-state index is 13.9. The van der Waals surface area contributed by atoms with Gasteiger partial charge in [-0.1, -0.05) is 0 Å². The Kier molecular flexibility index (Phi) is 6.83. The number of hydrogen-bond donors (Lipinski definition) is 1. The fourth-order valence-corrected chi connectivity index (χ4v) is 3.44. The molecule has 0 aliphatic carbocycles. The Morgan fingerprint density at radius 1 is 1.16 bits per heavy atom. The number of ether oxygens (including phenoxy) is 2. The van der Waals surface area contributed by atoms with Crippen LogP contribution in [0.5, 0.6) is 11.5 Å². The quantitative estimate of drug-likeness (QED) is 0.501. The van der Waals surface area contributed by atoms with E-state index in [1.165, 1.54) is 12.1 Å². The molecule has 1 amide bonds. The standard InChI is InChI=1S/C20H20F3N3O5/c1-30-17-10-13(16(26(28)29)11-18(17)31-20(22)23)19(27)24-14-9-12(21)5-6-15(14)25-7-3-2-4-8-25/h5-6,9-11,20H,2-4,7-8H2,1H3,(H,24,27). The summed E-state index contributed by atoms with van der Waals surface area (Å²) in [5.41, 5.74) is -0.475. The van der Waals surface area contributed by atoms with E-state index in [0.717, 1.165) is 51.6 Å². The van der Waals surface area contributed by atoms with E-state index in [2.05, 4.69) is 10.1 Å². The molecule has 2 aromatic rings. The van der Waals surface area contributed by atoms with Crippen molar-refractivity contribution in [3.05, 3.63) is 51.8 Å². The first-order chi connectivity index (χ1) is 14.8.